The van der Waals surface area contributed by atoms with Gasteiger partial charge in [0, 0.05) is 6.04 Å². The normalized spacial score (nSPS) is 37.5. The molecule has 0 radical (unpaired) electrons. The maximum atomic E-state index is 11.5. The highest BCUT2D eigenvalue weighted by molar-refractivity contribution is 5.68. The van der Waals surface area contributed by atoms with Gasteiger partial charge in [0.1, 0.15) is 5.60 Å². The van der Waals surface area contributed by atoms with Crippen LogP contribution in [0.5, 0.6) is 0 Å². The molecule has 1 amide bonds. The van der Waals surface area contributed by atoms with Crippen molar-refractivity contribution < 1.29 is 14.6 Å². The van der Waals surface area contributed by atoms with Gasteiger partial charge in [0.25, 0.3) is 0 Å². The van der Waals surface area contributed by atoms with Crippen LogP contribution in [-0.2, 0) is 4.74 Å². The Labute approximate surface area is 96.4 Å². The third-order valence-corrected chi connectivity index (χ3v) is 3.50. The molecule has 2 N–H and O–H groups in total. The summed E-state index contributed by atoms with van der Waals surface area (Å²) < 4.78 is 5.21. The molecule has 92 valence electrons. The lowest BCUT2D eigenvalue weighted by atomic mass is 10.1. The average Bonchev–Trinajstić information content (AvgIpc) is 2.55. The summed E-state index contributed by atoms with van der Waals surface area (Å²) in [5, 5.41) is 12.4. The van der Waals surface area contributed by atoms with E-state index in [1.165, 1.54) is 0 Å². The number of nitrogens with one attached hydrogen (secondary N) is 1. The standard InChI is InChI=1S/C12H21NO3/c1-11(2,3)16-10(15)13-9-7-12(9)5-4-8(14)6-12/h8-9,14H,4-7H2,1-3H3,(H,13,15). The highest BCUT2D eigenvalue weighted by Gasteiger charge is 2.58. The first kappa shape index (κ1) is 11.7. The van der Waals surface area contributed by atoms with E-state index in [0.717, 1.165) is 25.7 Å². The van der Waals surface area contributed by atoms with Crippen LogP contribution in [0.25, 0.3) is 0 Å². The molecule has 0 bridgehead atoms. The van der Waals surface area contributed by atoms with Gasteiger partial charge in [-0.1, -0.05) is 0 Å². The van der Waals surface area contributed by atoms with Crippen molar-refractivity contribution in [3.05, 3.63) is 0 Å². The molecule has 3 unspecified atom stereocenters. The molecule has 4 nitrogen and oxygen atoms in total. The highest BCUT2D eigenvalue weighted by atomic mass is 16.6. The van der Waals surface area contributed by atoms with E-state index >= 15 is 0 Å². The van der Waals surface area contributed by atoms with Crippen LogP contribution in [0.1, 0.15) is 46.5 Å². The van der Waals surface area contributed by atoms with Crippen LogP contribution in [-0.4, -0.2) is 28.9 Å². The van der Waals surface area contributed by atoms with Crippen molar-refractivity contribution in [3.8, 4) is 0 Å². The topological polar surface area (TPSA) is 58.6 Å². The number of carbonyl (C=O) groups excluding carboxylic acids is 1. The van der Waals surface area contributed by atoms with Gasteiger partial charge in [-0.25, -0.2) is 4.79 Å². The van der Waals surface area contributed by atoms with Crippen LogP contribution < -0.4 is 5.32 Å². The lowest BCUT2D eigenvalue weighted by molar-refractivity contribution is 0.0514. The van der Waals surface area contributed by atoms with Gasteiger partial charge < -0.3 is 15.2 Å². The molecule has 0 aromatic heterocycles. The number of aliphatic hydroxyl groups is 1. The maximum Gasteiger partial charge on any atom is 0.407 e. The van der Waals surface area contributed by atoms with Crippen molar-refractivity contribution >= 4 is 6.09 Å². The molecular formula is C12H21NO3. The first-order valence-corrected chi connectivity index (χ1v) is 5.98. The molecule has 2 aliphatic carbocycles. The number of rotatable bonds is 1. The summed E-state index contributed by atoms with van der Waals surface area (Å²) in [4.78, 5) is 11.5. The Balaban J connectivity index is 1.79. The first-order chi connectivity index (χ1) is 7.31. The summed E-state index contributed by atoms with van der Waals surface area (Å²) in [5.41, 5.74) is -0.266. The van der Waals surface area contributed by atoms with Crippen molar-refractivity contribution in [3.63, 3.8) is 0 Å². The molecule has 0 aromatic rings. The van der Waals surface area contributed by atoms with Crippen molar-refractivity contribution in [2.75, 3.05) is 0 Å². The minimum absolute atomic E-state index is 0.176. The molecule has 0 saturated heterocycles. The third-order valence-electron chi connectivity index (χ3n) is 3.50. The van der Waals surface area contributed by atoms with E-state index in [1.807, 2.05) is 20.8 Å². The Hall–Kier alpha value is -0.770. The zero-order valence-electron chi connectivity index (χ0n) is 10.2. The van der Waals surface area contributed by atoms with Gasteiger partial charge in [-0.2, -0.15) is 0 Å². The van der Waals surface area contributed by atoms with Gasteiger partial charge in [0.05, 0.1) is 6.10 Å². The van der Waals surface area contributed by atoms with Gasteiger partial charge in [-0.05, 0) is 51.9 Å². The van der Waals surface area contributed by atoms with Crippen LogP contribution in [0.2, 0.25) is 0 Å². The van der Waals surface area contributed by atoms with Gasteiger partial charge in [0.2, 0.25) is 0 Å². The molecule has 2 aliphatic rings. The van der Waals surface area contributed by atoms with Crippen LogP contribution in [0.4, 0.5) is 4.79 Å². The molecule has 16 heavy (non-hydrogen) atoms. The molecule has 3 atom stereocenters. The maximum absolute atomic E-state index is 11.5. The second-order valence-corrected chi connectivity index (χ2v) is 6.16. The molecule has 0 aliphatic heterocycles. The Morgan fingerprint density at radius 2 is 2.12 bits per heavy atom. The monoisotopic (exact) mass is 227 g/mol. The molecule has 0 aromatic carbocycles. The first-order valence-electron chi connectivity index (χ1n) is 5.98. The SMILES string of the molecule is CC(C)(C)OC(=O)NC1CC12CCC(O)C2. The number of aliphatic hydroxyl groups excluding tert-OH is 1. The summed E-state index contributed by atoms with van der Waals surface area (Å²) in [6.07, 6.45) is 3.19. The summed E-state index contributed by atoms with van der Waals surface area (Å²) in [6, 6.07) is 0.208. The van der Waals surface area contributed by atoms with Crippen molar-refractivity contribution in [2.45, 2.75) is 64.2 Å². The highest BCUT2D eigenvalue weighted by Crippen LogP contribution is 2.57. The molecule has 2 fully saturated rings. The average molecular weight is 227 g/mol. The quantitative estimate of drug-likeness (QED) is 0.718. The molecule has 1 spiro atoms. The van der Waals surface area contributed by atoms with Crippen LogP contribution in [0.15, 0.2) is 0 Å². The third kappa shape index (κ3) is 2.48. The van der Waals surface area contributed by atoms with Gasteiger partial charge >= 0.3 is 6.09 Å². The Bertz CT molecular complexity index is 297. The number of hydrogen-bond acceptors (Lipinski definition) is 3. The minimum Gasteiger partial charge on any atom is -0.444 e. The fraction of sp³-hybridized carbons (Fsp3) is 0.917. The van der Waals surface area contributed by atoms with Gasteiger partial charge in [0.15, 0.2) is 0 Å². The zero-order valence-corrected chi connectivity index (χ0v) is 10.2. The second kappa shape index (κ2) is 3.62. The van der Waals surface area contributed by atoms with Crippen molar-refractivity contribution in [1.82, 2.24) is 5.32 Å². The number of hydrogen-bond donors (Lipinski definition) is 2. The van der Waals surface area contributed by atoms with Crippen molar-refractivity contribution in [1.29, 1.82) is 0 Å². The number of alkyl carbamates (subject to hydrolysis) is 1. The lowest BCUT2D eigenvalue weighted by Gasteiger charge is -2.20. The molecule has 2 rings (SSSR count). The molecular weight excluding hydrogens is 206 g/mol. The van der Waals surface area contributed by atoms with Crippen LogP contribution >= 0.6 is 0 Å². The van der Waals surface area contributed by atoms with Crippen molar-refractivity contribution in [2.24, 2.45) is 5.41 Å². The number of amides is 1. The summed E-state index contributed by atoms with van der Waals surface area (Å²) in [5.74, 6) is 0. The van der Waals surface area contributed by atoms with E-state index in [2.05, 4.69) is 5.32 Å². The zero-order chi connectivity index (χ0) is 12.0. The second-order valence-electron chi connectivity index (χ2n) is 6.16. The summed E-state index contributed by atoms with van der Waals surface area (Å²) in [6.45, 7) is 5.57. The van der Waals surface area contributed by atoms with Gasteiger partial charge in [-0.15, -0.1) is 0 Å². The molecule has 2 saturated carbocycles. The van der Waals surface area contributed by atoms with E-state index in [1.54, 1.807) is 0 Å². The Kier molecular flexibility index (Phi) is 2.65. The summed E-state index contributed by atoms with van der Waals surface area (Å²) in [7, 11) is 0. The predicted octanol–water partition coefficient (Wildman–Crippen LogP) is 1.81. The molecule has 0 heterocycles. The summed E-state index contributed by atoms with van der Waals surface area (Å²) >= 11 is 0. The minimum atomic E-state index is -0.443. The fourth-order valence-electron chi connectivity index (χ4n) is 2.63. The van der Waals surface area contributed by atoms with E-state index < -0.39 is 5.60 Å². The number of ether oxygens (including phenoxy) is 1. The lowest BCUT2D eigenvalue weighted by Crippen LogP contribution is -2.35. The predicted molar refractivity (Wildman–Crippen MR) is 60.1 cm³/mol. The largest absolute Gasteiger partial charge is 0.444 e. The van der Waals surface area contributed by atoms with E-state index in [9.17, 15) is 9.90 Å². The van der Waals surface area contributed by atoms with E-state index in [-0.39, 0.29) is 23.7 Å². The Morgan fingerprint density at radius 3 is 2.62 bits per heavy atom. The fourth-order valence-corrected chi connectivity index (χ4v) is 2.63. The van der Waals surface area contributed by atoms with Gasteiger partial charge in [-0.3, -0.25) is 0 Å². The molecule has 4 heteroatoms. The van der Waals surface area contributed by atoms with Crippen LogP contribution in [0.3, 0.4) is 0 Å². The van der Waals surface area contributed by atoms with Crippen LogP contribution in [0, 0.1) is 5.41 Å². The van der Waals surface area contributed by atoms with E-state index in [4.69, 9.17) is 4.74 Å². The Morgan fingerprint density at radius 1 is 1.44 bits per heavy atom. The number of carbonyl (C=O) groups is 1. The smallest absolute Gasteiger partial charge is 0.407 e. The van der Waals surface area contributed by atoms with E-state index in [0.29, 0.717) is 0 Å².